The van der Waals surface area contributed by atoms with E-state index in [1.165, 1.54) is 30.3 Å². The lowest BCUT2D eigenvalue weighted by atomic mass is 10.0. The Hall–Kier alpha value is -1.93. The number of aromatic nitrogens is 3. The van der Waals surface area contributed by atoms with Gasteiger partial charge in [0.25, 0.3) is 0 Å². The highest BCUT2D eigenvalue weighted by molar-refractivity contribution is 7.99. The van der Waals surface area contributed by atoms with E-state index < -0.39 is 0 Å². The lowest BCUT2D eigenvalue weighted by Gasteiger charge is -2.16. The van der Waals surface area contributed by atoms with Crippen LogP contribution in [0.3, 0.4) is 0 Å². The Kier molecular flexibility index (Phi) is 8.90. The number of carbonyl (C=O) groups excluding carboxylic acids is 1. The zero-order chi connectivity index (χ0) is 22.2. The number of ether oxygens (including phenoxy) is 1. The van der Waals surface area contributed by atoms with Gasteiger partial charge < -0.3 is 10.1 Å². The van der Waals surface area contributed by atoms with Crippen molar-refractivity contribution in [3.8, 4) is 11.4 Å². The number of nitrogens with zero attached hydrogens (tertiary/aromatic N) is 3. The molecule has 3 rings (SSSR count). The highest BCUT2D eigenvalue weighted by atomic mass is 32.2. The number of nitrogens with one attached hydrogen (secondary N) is 1. The molecule has 1 aliphatic heterocycles. The highest BCUT2D eigenvalue weighted by Crippen LogP contribution is 2.26. The van der Waals surface area contributed by atoms with Gasteiger partial charge in [-0.2, -0.15) is 0 Å². The zero-order valence-electron chi connectivity index (χ0n) is 18.6. The number of carbonyl (C=O) groups is 1. The third-order valence-electron chi connectivity index (χ3n) is 5.39. The molecule has 1 amide bonds. The van der Waals surface area contributed by atoms with Crippen molar-refractivity contribution in [2.45, 2.75) is 76.7 Å². The maximum Gasteiger partial charge on any atom is 0.230 e. The molecule has 0 aliphatic carbocycles. The van der Waals surface area contributed by atoms with Crippen LogP contribution in [-0.2, 0) is 16.1 Å². The van der Waals surface area contributed by atoms with Gasteiger partial charge in [-0.15, -0.1) is 10.2 Å². The number of hydrogen-bond acceptors (Lipinski definition) is 5. The van der Waals surface area contributed by atoms with Crippen LogP contribution >= 0.6 is 11.8 Å². The molecule has 2 heterocycles. The summed E-state index contributed by atoms with van der Waals surface area (Å²) in [5, 5.41) is 12.4. The average molecular weight is 449 g/mol. The fourth-order valence-corrected chi connectivity index (χ4v) is 4.47. The normalized spacial score (nSPS) is 17.3. The second-order valence-electron chi connectivity index (χ2n) is 8.64. The summed E-state index contributed by atoms with van der Waals surface area (Å²) in [6, 6.07) is 6.39. The Morgan fingerprint density at radius 2 is 2.03 bits per heavy atom. The van der Waals surface area contributed by atoms with Crippen molar-refractivity contribution < 1.29 is 13.9 Å². The fourth-order valence-electron chi connectivity index (χ4n) is 3.72. The standard InChI is InChI=1S/C23H33FN4O2S/c1-16(2)6-4-7-17(3)25-21(29)15-31-23-27-26-22(18-9-11-19(24)12-10-18)28(23)14-20-8-5-13-30-20/h9-12,16-17,20H,4-8,13-15H2,1-3H3,(H,25,29). The molecule has 1 fully saturated rings. The largest absolute Gasteiger partial charge is 0.376 e. The summed E-state index contributed by atoms with van der Waals surface area (Å²) in [4.78, 5) is 12.4. The van der Waals surface area contributed by atoms with Gasteiger partial charge >= 0.3 is 0 Å². The monoisotopic (exact) mass is 448 g/mol. The molecule has 0 saturated carbocycles. The lowest BCUT2D eigenvalue weighted by molar-refractivity contribution is -0.119. The van der Waals surface area contributed by atoms with E-state index in [9.17, 15) is 9.18 Å². The van der Waals surface area contributed by atoms with Crippen LogP contribution in [0.4, 0.5) is 4.39 Å². The minimum absolute atomic E-state index is 0.00274. The van der Waals surface area contributed by atoms with E-state index in [0.717, 1.165) is 37.9 Å². The molecule has 6 nitrogen and oxygen atoms in total. The number of benzene rings is 1. The summed E-state index contributed by atoms with van der Waals surface area (Å²) >= 11 is 1.38. The molecular weight excluding hydrogens is 415 g/mol. The van der Waals surface area contributed by atoms with Crippen LogP contribution in [-0.4, -0.2) is 45.2 Å². The van der Waals surface area contributed by atoms with Crippen molar-refractivity contribution in [3.05, 3.63) is 30.1 Å². The van der Waals surface area contributed by atoms with Crippen LogP contribution in [0.1, 0.15) is 52.9 Å². The first-order valence-corrected chi connectivity index (χ1v) is 12.1. The molecular formula is C23H33FN4O2S. The molecule has 2 atom stereocenters. The number of hydrogen-bond donors (Lipinski definition) is 1. The average Bonchev–Trinajstić information content (AvgIpc) is 3.37. The van der Waals surface area contributed by atoms with Crippen molar-refractivity contribution in [1.29, 1.82) is 0 Å². The Balaban J connectivity index is 1.63. The van der Waals surface area contributed by atoms with Crippen molar-refractivity contribution in [2.24, 2.45) is 5.92 Å². The van der Waals surface area contributed by atoms with Gasteiger partial charge in [0, 0.05) is 18.2 Å². The van der Waals surface area contributed by atoms with Crippen LogP contribution in [0.25, 0.3) is 11.4 Å². The molecule has 2 aromatic rings. The second-order valence-corrected chi connectivity index (χ2v) is 9.58. The first-order chi connectivity index (χ1) is 14.9. The third kappa shape index (κ3) is 7.31. The molecule has 1 aromatic heterocycles. The molecule has 1 aromatic carbocycles. The molecule has 1 aliphatic rings. The summed E-state index contributed by atoms with van der Waals surface area (Å²) in [6.45, 7) is 7.86. The minimum atomic E-state index is -0.289. The van der Waals surface area contributed by atoms with Crippen molar-refractivity contribution in [2.75, 3.05) is 12.4 Å². The quantitative estimate of drug-likeness (QED) is 0.505. The van der Waals surface area contributed by atoms with Gasteiger partial charge in [0.15, 0.2) is 11.0 Å². The topological polar surface area (TPSA) is 69.0 Å². The second kappa shape index (κ2) is 11.6. The summed E-state index contributed by atoms with van der Waals surface area (Å²) in [5.74, 6) is 1.34. The molecule has 31 heavy (non-hydrogen) atoms. The minimum Gasteiger partial charge on any atom is -0.376 e. The maximum absolute atomic E-state index is 13.4. The van der Waals surface area contributed by atoms with Gasteiger partial charge in [-0.05, 0) is 56.4 Å². The van der Waals surface area contributed by atoms with E-state index >= 15 is 0 Å². The van der Waals surface area contributed by atoms with E-state index in [0.29, 0.717) is 23.4 Å². The summed E-state index contributed by atoms with van der Waals surface area (Å²) in [7, 11) is 0. The molecule has 170 valence electrons. The van der Waals surface area contributed by atoms with Gasteiger partial charge in [-0.25, -0.2) is 4.39 Å². The molecule has 1 saturated heterocycles. The Bertz CT molecular complexity index is 835. The summed E-state index contributed by atoms with van der Waals surface area (Å²) in [6.07, 6.45) is 5.40. The molecule has 2 unspecified atom stereocenters. The third-order valence-corrected chi connectivity index (χ3v) is 6.35. The zero-order valence-corrected chi connectivity index (χ0v) is 19.5. The molecule has 1 N–H and O–H groups in total. The van der Waals surface area contributed by atoms with E-state index in [4.69, 9.17) is 4.74 Å². The van der Waals surface area contributed by atoms with Crippen LogP contribution in [0, 0.1) is 11.7 Å². The van der Waals surface area contributed by atoms with Crippen molar-refractivity contribution in [3.63, 3.8) is 0 Å². The van der Waals surface area contributed by atoms with Gasteiger partial charge in [0.2, 0.25) is 5.91 Å². The van der Waals surface area contributed by atoms with Crippen molar-refractivity contribution >= 4 is 17.7 Å². The summed E-state index contributed by atoms with van der Waals surface area (Å²) in [5.41, 5.74) is 0.793. The van der Waals surface area contributed by atoms with Crippen LogP contribution in [0.5, 0.6) is 0 Å². The Labute approximate surface area is 188 Å². The Morgan fingerprint density at radius 3 is 2.71 bits per heavy atom. The van der Waals surface area contributed by atoms with E-state index in [2.05, 4.69) is 36.3 Å². The molecule has 0 spiro atoms. The van der Waals surface area contributed by atoms with E-state index in [1.54, 1.807) is 12.1 Å². The number of thioether (sulfide) groups is 1. The number of rotatable bonds is 11. The van der Waals surface area contributed by atoms with E-state index in [-0.39, 0.29) is 29.6 Å². The molecule has 8 heteroatoms. The first kappa shape index (κ1) is 23.7. The van der Waals surface area contributed by atoms with Gasteiger partial charge in [0.1, 0.15) is 5.82 Å². The fraction of sp³-hybridized carbons (Fsp3) is 0.609. The lowest BCUT2D eigenvalue weighted by Crippen LogP contribution is -2.33. The van der Waals surface area contributed by atoms with Gasteiger partial charge in [0.05, 0.1) is 18.4 Å². The SMILES string of the molecule is CC(C)CCCC(C)NC(=O)CSc1nnc(-c2ccc(F)cc2)n1CC1CCCO1. The predicted molar refractivity (Wildman–Crippen MR) is 121 cm³/mol. The Morgan fingerprint density at radius 1 is 1.26 bits per heavy atom. The van der Waals surface area contributed by atoms with Crippen LogP contribution in [0.15, 0.2) is 29.4 Å². The van der Waals surface area contributed by atoms with E-state index in [1.807, 2.05) is 4.57 Å². The van der Waals surface area contributed by atoms with Crippen molar-refractivity contribution in [1.82, 2.24) is 20.1 Å². The summed E-state index contributed by atoms with van der Waals surface area (Å²) < 4.78 is 21.1. The maximum atomic E-state index is 13.4. The van der Waals surface area contributed by atoms with Gasteiger partial charge in [-0.1, -0.05) is 38.5 Å². The highest BCUT2D eigenvalue weighted by Gasteiger charge is 2.22. The molecule has 0 radical (unpaired) electrons. The number of amides is 1. The smallest absolute Gasteiger partial charge is 0.230 e. The first-order valence-electron chi connectivity index (χ1n) is 11.1. The molecule has 0 bridgehead atoms. The van der Waals surface area contributed by atoms with Crippen LogP contribution < -0.4 is 5.32 Å². The predicted octanol–water partition coefficient (Wildman–Crippen LogP) is 4.69. The van der Waals surface area contributed by atoms with Crippen LogP contribution in [0.2, 0.25) is 0 Å². The number of halogens is 1. The van der Waals surface area contributed by atoms with Gasteiger partial charge in [-0.3, -0.25) is 9.36 Å².